The molecule has 0 aliphatic carbocycles. The molecule has 4 nitrogen and oxygen atoms in total. The summed E-state index contributed by atoms with van der Waals surface area (Å²) in [6, 6.07) is 7.83. The van der Waals surface area contributed by atoms with E-state index in [1.165, 1.54) is 0 Å². The van der Waals surface area contributed by atoms with Gasteiger partial charge in [0.05, 0.1) is 7.11 Å². The quantitative estimate of drug-likeness (QED) is 0.745. The number of methoxy groups -OCH3 is 1. The number of rotatable bonds is 7. The van der Waals surface area contributed by atoms with Gasteiger partial charge in [0.25, 0.3) is 0 Å². The van der Waals surface area contributed by atoms with Crippen LogP contribution in [0.4, 0.5) is 0 Å². The number of carbonyl (C=O) groups is 1. The zero-order chi connectivity index (χ0) is 12.5. The van der Waals surface area contributed by atoms with Crippen molar-refractivity contribution in [3.63, 3.8) is 0 Å². The van der Waals surface area contributed by atoms with Gasteiger partial charge in [0, 0.05) is 13.0 Å². The lowest BCUT2D eigenvalue weighted by Crippen LogP contribution is -2.26. The lowest BCUT2D eigenvalue weighted by Gasteiger charge is -2.08. The van der Waals surface area contributed by atoms with Crippen LogP contribution in [0.5, 0.6) is 5.75 Å². The molecule has 1 amide bonds. The van der Waals surface area contributed by atoms with E-state index in [0.717, 1.165) is 24.2 Å². The van der Waals surface area contributed by atoms with E-state index < -0.39 is 0 Å². The third-order valence-electron chi connectivity index (χ3n) is 2.52. The molecular weight excluding hydrogens is 216 g/mol. The SMILES string of the molecule is COc1ccccc1CCNC(=O)CCCN. The van der Waals surface area contributed by atoms with Crippen LogP contribution in [0.15, 0.2) is 24.3 Å². The maximum Gasteiger partial charge on any atom is 0.220 e. The topological polar surface area (TPSA) is 64.3 Å². The van der Waals surface area contributed by atoms with Crippen LogP contribution in [0.3, 0.4) is 0 Å². The summed E-state index contributed by atoms with van der Waals surface area (Å²) in [6.07, 6.45) is 2.02. The first-order valence-corrected chi connectivity index (χ1v) is 5.86. The van der Waals surface area contributed by atoms with Crippen molar-refractivity contribution in [2.24, 2.45) is 5.73 Å². The zero-order valence-electron chi connectivity index (χ0n) is 10.2. The number of para-hydroxylation sites is 1. The first-order valence-electron chi connectivity index (χ1n) is 5.86. The normalized spacial score (nSPS) is 10.0. The molecule has 1 rings (SSSR count). The standard InChI is InChI=1S/C13H20N2O2/c1-17-12-6-3-2-5-11(12)8-10-15-13(16)7-4-9-14/h2-3,5-6H,4,7-10,14H2,1H3,(H,15,16). The molecule has 0 aromatic heterocycles. The van der Waals surface area contributed by atoms with E-state index in [4.69, 9.17) is 10.5 Å². The summed E-state index contributed by atoms with van der Waals surface area (Å²) in [7, 11) is 1.65. The fraction of sp³-hybridized carbons (Fsp3) is 0.462. The molecule has 0 saturated heterocycles. The van der Waals surface area contributed by atoms with Crippen LogP contribution in [-0.2, 0) is 11.2 Å². The molecule has 4 heteroatoms. The van der Waals surface area contributed by atoms with Gasteiger partial charge in [-0.2, -0.15) is 0 Å². The fourth-order valence-electron chi connectivity index (χ4n) is 1.60. The lowest BCUT2D eigenvalue weighted by molar-refractivity contribution is -0.121. The molecule has 3 N–H and O–H groups in total. The number of ether oxygens (including phenoxy) is 1. The van der Waals surface area contributed by atoms with Crippen LogP contribution >= 0.6 is 0 Å². The average molecular weight is 236 g/mol. The zero-order valence-corrected chi connectivity index (χ0v) is 10.2. The smallest absolute Gasteiger partial charge is 0.220 e. The number of benzene rings is 1. The Bertz CT molecular complexity index is 353. The van der Waals surface area contributed by atoms with E-state index in [1.807, 2.05) is 24.3 Å². The summed E-state index contributed by atoms with van der Waals surface area (Å²) in [5.74, 6) is 0.925. The Hall–Kier alpha value is -1.55. The van der Waals surface area contributed by atoms with E-state index >= 15 is 0 Å². The Morgan fingerprint density at radius 2 is 2.18 bits per heavy atom. The van der Waals surface area contributed by atoms with Gasteiger partial charge in [-0.15, -0.1) is 0 Å². The highest BCUT2D eigenvalue weighted by Gasteiger charge is 2.03. The second kappa shape index (κ2) is 7.68. The molecule has 0 spiro atoms. The molecule has 17 heavy (non-hydrogen) atoms. The van der Waals surface area contributed by atoms with Gasteiger partial charge in [0.15, 0.2) is 0 Å². The predicted molar refractivity (Wildman–Crippen MR) is 68.0 cm³/mol. The Labute approximate surface area is 102 Å². The monoisotopic (exact) mass is 236 g/mol. The Kier molecular flexibility index (Phi) is 6.10. The van der Waals surface area contributed by atoms with E-state index in [1.54, 1.807) is 7.11 Å². The maximum atomic E-state index is 11.3. The number of hydrogen-bond donors (Lipinski definition) is 2. The van der Waals surface area contributed by atoms with Crippen LogP contribution in [0.2, 0.25) is 0 Å². The Balaban J connectivity index is 2.33. The molecule has 0 atom stereocenters. The average Bonchev–Trinajstić information content (AvgIpc) is 2.37. The molecule has 0 fully saturated rings. The molecule has 0 bridgehead atoms. The molecule has 0 aliphatic heterocycles. The van der Waals surface area contributed by atoms with Crippen LogP contribution in [-0.4, -0.2) is 26.1 Å². The fourth-order valence-corrected chi connectivity index (χ4v) is 1.60. The van der Waals surface area contributed by atoms with E-state index in [-0.39, 0.29) is 5.91 Å². The summed E-state index contributed by atoms with van der Waals surface area (Å²) in [4.78, 5) is 11.3. The number of carbonyl (C=O) groups excluding carboxylic acids is 1. The molecule has 0 saturated carbocycles. The highest BCUT2D eigenvalue weighted by atomic mass is 16.5. The first-order chi connectivity index (χ1) is 8.27. The van der Waals surface area contributed by atoms with E-state index in [0.29, 0.717) is 19.5 Å². The van der Waals surface area contributed by atoms with E-state index in [9.17, 15) is 4.79 Å². The van der Waals surface area contributed by atoms with Crippen LogP contribution < -0.4 is 15.8 Å². The van der Waals surface area contributed by atoms with Gasteiger partial charge in [-0.3, -0.25) is 4.79 Å². The predicted octanol–water partition coefficient (Wildman–Crippen LogP) is 1.09. The summed E-state index contributed by atoms with van der Waals surface area (Å²) in [5.41, 5.74) is 6.44. The van der Waals surface area contributed by atoms with Crippen LogP contribution in [0.1, 0.15) is 18.4 Å². The molecule has 1 aromatic rings. The Morgan fingerprint density at radius 3 is 2.88 bits per heavy atom. The summed E-state index contributed by atoms with van der Waals surface area (Å²) >= 11 is 0. The number of hydrogen-bond acceptors (Lipinski definition) is 3. The first kappa shape index (κ1) is 13.5. The van der Waals surface area contributed by atoms with Crippen LogP contribution in [0, 0.1) is 0 Å². The minimum atomic E-state index is 0.0605. The minimum Gasteiger partial charge on any atom is -0.496 e. The van der Waals surface area contributed by atoms with Crippen molar-refractivity contribution in [1.82, 2.24) is 5.32 Å². The van der Waals surface area contributed by atoms with Gasteiger partial charge >= 0.3 is 0 Å². The molecule has 0 heterocycles. The summed E-state index contributed by atoms with van der Waals surface area (Å²) < 4.78 is 5.24. The second-order valence-corrected chi connectivity index (χ2v) is 3.80. The van der Waals surface area contributed by atoms with Crippen molar-refractivity contribution in [3.05, 3.63) is 29.8 Å². The molecular formula is C13H20N2O2. The highest BCUT2D eigenvalue weighted by Crippen LogP contribution is 2.17. The van der Waals surface area contributed by atoms with Gasteiger partial charge < -0.3 is 15.8 Å². The highest BCUT2D eigenvalue weighted by molar-refractivity contribution is 5.75. The van der Waals surface area contributed by atoms with Gasteiger partial charge in [-0.1, -0.05) is 18.2 Å². The Morgan fingerprint density at radius 1 is 1.41 bits per heavy atom. The largest absolute Gasteiger partial charge is 0.496 e. The molecule has 1 aromatic carbocycles. The molecule has 0 radical (unpaired) electrons. The lowest BCUT2D eigenvalue weighted by atomic mass is 10.1. The van der Waals surface area contributed by atoms with Crippen molar-refractivity contribution in [2.75, 3.05) is 20.2 Å². The number of amides is 1. The van der Waals surface area contributed by atoms with Gasteiger partial charge in [-0.05, 0) is 31.0 Å². The second-order valence-electron chi connectivity index (χ2n) is 3.80. The van der Waals surface area contributed by atoms with Crippen molar-refractivity contribution in [3.8, 4) is 5.75 Å². The molecule has 0 aliphatic rings. The van der Waals surface area contributed by atoms with Crippen molar-refractivity contribution >= 4 is 5.91 Å². The third kappa shape index (κ3) is 4.87. The molecule has 0 unspecified atom stereocenters. The van der Waals surface area contributed by atoms with Crippen molar-refractivity contribution in [1.29, 1.82) is 0 Å². The van der Waals surface area contributed by atoms with Gasteiger partial charge in [0.1, 0.15) is 5.75 Å². The van der Waals surface area contributed by atoms with Gasteiger partial charge in [0.2, 0.25) is 5.91 Å². The minimum absolute atomic E-state index is 0.0605. The summed E-state index contributed by atoms with van der Waals surface area (Å²) in [6.45, 7) is 1.18. The molecule has 94 valence electrons. The third-order valence-corrected chi connectivity index (χ3v) is 2.52. The van der Waals surface area contributed by atoms with Crippen molar-refractivity contribution < 1.29 is 9.53 Å². The summed E-state index contributed by atoms with van der Waals surface area (Å²) in [5, 5.41) is 2.87. The van der Waals surface area contributed by atoms with Gasteiger partial charge in [-0.25, -0.2) is 0 Å². The van der Waals surface area contributed by atoms with Crippen LogP contribution in [0.25, 0.3) is 0 Å². The van der Waals surface area contributed by atoms with E-state index in [2.05, 4.69) is 5.32 Å². The van der Waals surface area contributed by atoms with Crippen molar-refractivity contribution in [2.45, 2.75) is 19.3 Å². The number of nitrogens with one attached hydrogen (secondary N) is 1. The number of nitrogens with two attached hydrogens (primary N) is 1. The maximum absolute atomic E-state index is 11.3.